The van der Waals surface area contributed by atoms with Gasteiger partial charge in [0.1, 0.15) is 12.9 Å². The first-order chi connectivity index (χ1) is 12.1. The van der Waals surface area contributed by atoms with Crippen molar-refractivity contribution in [3.8, 4) is 0 Å². The lowest BCUT2D eigenvalue weighted by Crippen LogP contribution is -2.33. The van der Waals surface area contributed by atoms with E-state index < -0.39 is 17.8 Å². The van der Waals surface area contributed by atoms with Crippen LogP contribution < -0.4 is 0 Å². The van der Waals surface area contributed by atoms with Gasteiger partial charge in [0.2, 0.25) is 0 Å². The number of amides is 2. The van der Waals surface area contributed by atoms with Crippen LogP contribution >= 0.6 is 0 Å². The number of hydrogen-bond donors (Lipinski definition) is 0. The van der Waals surface area contributed by atoms with Gasteiger partial charge in [-0.15, -0.1) is 0 Å². The van der Waals surface area contributed by atoms with E-state index in [9.17, 15) is 14.4 Å². The summed E-state index contributed by atoms with van der Waals surface area (Å²) < 4.78 is 10.1. The third kappa shape index (κ3) is 3.14. The molecule has 0 radical (unpaired) electrons. The zero-order chi connectivity index (χ0) is 17.8. The molecule has 2 aromatic rings. The van der Waals surface area contributed by atoms with Crippen molar-refractivity contribution >= 4 is 17.8 Å². The number of hydrogen-bond acceptors (Lipinski definition) is 5. The van der Waals surface area contributed by atoms with Crippen LogP contribution in [0, 0.1) is 0 Å². The van der Waals surface area contributed by atoms with Gasteiger partial charge in [0.25, 0.3) is 11.8 Å². The van der Waals surface area contributed by atoms with Gasteiger partial charge in [0.15, 0.2) is 5.70 Å². The van der Waals surface area contributed by atoms with Crippen LogP contribution in [0.5, 0.6) is 0 Å². The second-order valence-corrected chi connectivity index (χ2v) is 5.28. The predicted octanol–water partition coefficient (Wildman–Crippen LogP) is 2.51. The molecule has 0 bridgehead atoms. The van der Waals surface area contributed by atoms with Gasteiger partial charge in [-0.25, -0.2) is 9.69 Å². The van der Waals surface area contributed by atoms with E-state index in [0.29, 0.717) is 0 Å². The van der Waals surface area contributed by atoms with Crippen LogP contribution in [0.2, 0.25) is 0 Å². The lowest BCUT2D eigenvalue weighted by Gasteiger charge is -2.15. The molecule has 0 unspecified atom stereocenters. The van der Waals surface area contributed by atoms with Gasteiger partial charge in [-0.05, 0) is 17.7 Å². The van der Waals surface area contributed by atoms with Gasteiger partial charge >= 0.3 is 5.97 Å². The molecule has 1 aliphatic rings. The van der Waals surface area contributed by atoms with Crippen LogP contribution in [-0.2, 0) is 20.9 Å². The molecule has 25 heavy (non-hydrogen) atoms. The van der Waals surface area contributed by atoms with Crippen molar-refractivity contribution in [3.05, 3.63) is 83.2 Å². The lowest BCUT2D eigenvalue weighted by molar-refractivity contribution is -0.137. The molecule has 0 spiro atoms. The quantitative estimate of drug-likeness (QED) is 0.363. The fourth-order valence-corrected chi connectivity index (χ4v) is 2.50. The Hall–Kier alpha value is -3.41. The Kier molecular flexibility index (Phi) is 4.61. The van der Waals surface area contributed by atoms with Crippen LogP contribution in [-0.4, -0.2) is 29.8 Å². The summed E-state index contributed by atoms with van der Waals surface area (Å²) in [5.41, 5.74) is 1.10. The minimum Gasteiger partial charge on any atom is -0.494 e. The van der Waals surface area contributed by atoms with Gasteiger partial charge in [-0.3, -0.25) is 9.59 Å². The number of nitrogens with zero attached hydrogens (tertiary/aromatic N) is 1. The molecule has 2 aromatic carbocycles. The van der Waals surface area contributed by atoms with Gasteiger partial charge in [-0.1, -0.05) is 42.5 Å². The summed E-state index contributed by atoms with van der Waals surface area (Å²) in [5.74, 6) is -2.00. The second kappa shape index (κ2) is 7.00. The van der Waals surface area contributed by atoms with Crippen LogP contribution in [0.15, 0.2) is 66.6 Å². The summed E-state index contributed by atoms with van der Waals surface area (Å²) in [6.07, 6.45) is 1.08. The van der Waals surface area contributed by atoms with E-state index in [0.717, 1.165) is 16.7 Å². The standard InChI is InChI=1S/C19H15NO5/c1-24-19(23)16(12-25-11-13-7-3-2-4-8-13)20-17(21)14-9-5-6-10-15(14)18(20)22/h2-10,12H,11H2,1H3/b16-12-. The van der Waals surface area contributed by atoms with Crippen molar-refractivity contribution < 1.29 is 23.9 Å². The highest BCUT2D eigenvalue weighted by Crippen LogP contribution is 2.26. The summed E-state index contributed by atoms with van der Waals surface area (Å²) in [5, 5.41) is 0. The molecule has 0 saturated heterocycles. The summed E-state index contributed by atoms with van der Waals surface area (Å²) in [7, 11) is 1.17. The minimum atomic E-state index is -0.831. The summed E-state index contributed by atoms with van der Waals surface area (Å²) in [6, 6.07) is 15.7. The molecule has 6 nitrogen and oxygen atoms in total. The average molecular weight is 337 g/mol. The van der Waals surface area contributed by atoms with Gasteiger partial charge in [-0.2, -0.15) is 0 Å². The van der Waals surface area contributed by atoms with Crippen molar-refractivity contribution in [2.75, 3.05) is 7.11 Å². The smallest absolute Gasteiger partial charge is 0.358 e. The molecule has 3 rings (SSSR count). The zero-order valence-electron chi connectivity index (χ0n) is 13.5. The van der Waals surface area contributed by atoms with E-state index in [2.05, 4.69) is 4.74 Å². The Morgan fingerprint density at radius 3 is 2.08 bits per heavy atom. The number of imide groups is 1. The van der Waals surface area contributed by atoms with Crippen LogP contribution in [0.3, 0.4) is 0 Å². The number of fused-ring (bicyclic) bond motifs is 1. The zero-order valence-corrected chi connectivity index (χ0v) is 13.5. The SMILES string of the molecule is COC(=O)/C(=C/OCc1ccccc1)N1C(=O)c2ccccc2C1=O. The third-order valence-electron chi connectivity index (χ3n) is 3.72. The maximum atomic E-state index is 12.5. The van der Waals surface area contributed by atoms with E-state index >= 15 is 0 Å². The molecular formula is C19H15NO5. The molecule has 1 heterocycles. The first-order valence-electron chi connectivity index (χ1n) is 7.55. The van der Waals surface area contributed by atoms with Gasteiger partial charge < -0.3 is 9.47 Å². The largest absolute Gasteiger partial charge is 0.494 e. The highest BCUT2D eigenvalue weighted by Gasteiger charge is 2.40. The second-order valence-electron chi connectivity index (χ2n) is 5.28. The number of carbonyl (C=O) groups excluding carboxylic acids is 3. The van der Waals surface area contributed by atoms with E-state index in [4.69, 9.17) is 4.74 Å². The molecular weight excluding hydrogens is 322 g/mol. The highest BCUT2D eigenvalue weighted by molar-refractivity contribution is 6.24. The summed E-state index contributed by atoms with van der Waals surface area (Å²) >= 11 is 0. The highest BCUT2D eigenvalue weighted by atomic mass is 16.5. The molecule has 0 saturated carbocycles. The Labute approximate surface area is 144 Å². The number of esters is 1. The van der Waals surface area contributed by atoms with Crippen LogP contribution in [0.4, 0.5) is 0 Å². The van der Waals surface area contributed by atoms with Crippen molar-refractivity contribution in [1.82, 2.24) is 4.90 Å². The number of carbonyl (C=O) groups is 3. The molecule has 0 fully saturated rings. The predicted molar refractivity (Wildman–Crippen MR) is 88.3 cm³/mol. The van der Waals surface area contributed by atoms with Gasteiger partial charge in [0, 0.05) is 0 Å². The molecule has 0 N–H and O–H groups in total. The average Bonchev–Trinajstić information content (AvgIpc) is 2.90. The van der Waals surface area contributed by atoms with E-state index in [-0.39, 0.29) is 23.4 Å². The van der Waals surface area contributed by atoms with E-state index in [1.165, 1.54) is 19.2 Å². The van der Waals surface area contributed by atoms with Crippen LogP contribution in [0.1, 0.15) is 26.3 Å². The third-order valence-corrected chi connectivity index (χ3v) is 3.72. The minimum absolute atomic E-state index is 0.185. The first kappa shape index (κ1) is 16.4. The van der Waals surface area contributed by atoms with E-state index in [1.54, 1.807) is 12.1 Å². The lowest BCUT2D eigenvalue weighted by atomic mass is 10.1. The summed E-state index contributed by atoms with van der Waals surface area (Å²) in [6.45, 7) is 0.185. The van der Waals surface area contributed by atoms with Crippen molar-refractivity contribution in [1.29, 1.82) is 0 Å². The molecule has 126 valence electrons. The Bertz CT molecular complexity index is 822. The molecule has 0 aliphatic carbocycles. The van der Waals surface area contributed by atoms with Crippen molar-refractivity contribution in [3.63, 3.8) is 0 Å². The van der Waals surface area contributed by atoms with Crippen molar-refractivity contribution in [2.45, 2.75) is 6.61 Å². The molecule has 0 aromatic heterocycles. The topological polar surface area (TPSA) is 72.9 Å². The number of ether oxygens (including phenoxy) is 2. The Morgan fingerprint density at radius 1 is 0.960 bits per heavy atom. The number of methoxy groups -OCH3 is 1. The normalized spacial score (nSPS) is 13.6. The molecule has 2 amide bonds. The monoisotopic (exact) mass is 337 g/mol. The Morgan fingerprint density at radius 2 is 1.52 bits per heavy atom. The molecule has 0 atom stereocenters. The maximum Gasteiger partial charge on any atom is 0.358 e. The van der Waals surface area contributed by atoms with Crippen molar-refractivity contribution in [2.24, 2.45) is 0 Å². The fourth-order valence-electron chi connectivity index (χ4n) is 2.50. The summed E-state index contributed by atoms with van der Waals surface area (Å²) in [4.78, 5) is 37.9. The fraction of sp³-hybridized carbons (Fsp3) is 0.105. The van der Waals surface area contributed by atoms with Gasteiger partial charge in [0.05, 0.1) is 18.2 Å². The molecule has 1 aliphatic heterocycles. The number of benzene rings is 2. The van der Waals surface area contributed by atoms with Crippen LogP contribution in [0.25, 0.3) is 0 Å². The first-order valence-corrected chi connectivity index (χ1v) is 7.55. The number of rotatable bonds is 5. The molecule has 6 heteroatoms. The maximum absolute atomic E-state index is 12.5. The Balaban J connectivity index is 1.87. The van der Waals surface area contributed by atoms with E-state index in [1.807, 2.05) is 30.3 Å².